The molecule has 0 N–H and O–H groups in total. The Morgan fingerprint density at radius 1 is 1.33 bits per heavy atom. The van der Waals surface area contributed by atoms with E-state index in [0.717, 1.165) is 22.8 Å². The maximum atomic E-state index is 5.97. The van der Waals surface area contributed by atoms with Crippen LogP contribution in [0.25, 0.3) is 0 Å². The van der Waals surface area contributed by atoms with Crippen molar-refractivity contribution >= 4 is 11.6 Å². The van der Waals surface area contributed by atoms with E-state index in [2.05, 4.69) is 32.0 Å². The maximum absolute atomic E-state index is 5.97. The van der Waals surface area contributed by atoms with Gasteiger partial charge in [0.1, 0.15) is 0 Å². The molecule has 1 heteroatoms. The SMILES string of the molecule is CC(C)C1CC(Cc2cccc(Cl)c2)C1. The Kier molecular flexibility index (Phi) is 3.35. The summed E-state index contributed by atoms with van der Waals surface area (Å²) >= 11 is 5.97. The normalized spacial score (nSPS) is 25.3. The first-order valence-corrected chi connectivity index (χ1v) is 6.27. The molecule has 0 heterocycles. The minimum absolute atomic E-state index is 0.862. The third-order valence-corrected chi connectivity index (χ3v) is 3.86. The van der Waals surface area contributed by atoms with Gasteiger partial charge in [-0.1, -0.05) is 37.6 Å². The first kappa shape index (κ1) is 11.0. The van der Waals surface area contributed by atoms with Crippen LogP contribution in [0.4, 0.5) is 0 Å². The Morgan fingerprint density at radius 3 is 2.67 bits per heavy atom. The number of benzene rings is 1. The molecule has 0 radical (unpaired) electrons. The van der Waals surface area contributed by atoms with Crippen LogP contribution in [-0.2, 0) is 6.42 Å². The minimum atomic E-state index is 0.862. The van der Waals surface area contributed by atoms with Crippen molar-refractivity contribution in [3.8, 4) is 0 Å². The predicted octanol–water partition coefficient (Wildman–Crippen LogP) is 4.56. The number of rotatable bonds is 3. The molecule has 82 valence electrons. The monoisotopic (exact) mass is 222 g/mol. The Morgan fingerprint density at radius 2 is 2.07 bits per heavy atom. The Labute approximate surface area is 97.6 Å². The zero-order valence-corrected chi connectivity index (χ0v) is 10.3. The van der Waals surface area contributed by atoms with E-state index in [0.29, 0.717) is 0 Å². The van der Waals surface area contributed by atoms with E-state index < -0.39 is 0 Å². The highest BCUT2D eigenvalue weighted by Gasteiger charge is 2.30. The van der Waals surface area contributed by atoms with Gasteiger partial charge in [-0.05, 0) is 54.7 Å². The predicted molar refractivity (Wildman–Crippen MR) is 66.2 cm³/mol. The van der Waals surface area contributed by atoms with Crippen LogP contribution in [0.15, 0.2) is 24.3 Å². The van der Waals surface area contributed by atoms with E-state index in [1.165, 1.54) is 24.8 Å². The summed E-state index contributed by atoms with van der Waals surface area (Å²) in [6.07, 6.45) is 4.03. The summed E-state index contributed by atoms with van der Waals surface area (Å²) in [6.45, 7) is 4.67. The molecule has 0 spiro atoms. The highest BCUT2D eigenvalue weighted by atomic mass is 35.5. The van der Waals surface area contributed by atoms with Crippen LogP contribution in [0.5, 0.6) is 0 Å². The molecule has 0 aliphatic heterocycles. The van der Waals surface area contributed by atoms with Crippen molar-refractivity contribution in [3.05, 3.63) is 34.9 Å². The van der Waals surface area contributed by atoms with Gasteiger partial charge in [-0.15, -0.1) is 0 Å². The fourth-order valence-electron chi connectivity index (χ4n) is 2.50. The van der Waals surface area contributed by atoms with Crippen molar-refractivity contribution in [2.45, 2.75) is 33.1 Å². The van der Waals surface area contributed by atoms with Crippen LogP contribution in [0, 0.1) is 17.8 Å². The van der Waals surface area contributed by atoms with Gasteiger partial charge in [0.05, 0.1) is 0 Å². The Bertz CT molecular complexity index is 324. The van der Waals surface area contributed by atoms with E-state index in [-0.39, 0.29) is 0 Å². The third kappa shape index (κ3) is 2.75. The summed E-state index contributed by atoms with van der Waals surface area (Å²) in [5, 5.41) is 0.868. The highest BCUT2D eigenvalue weighted by molar-refractivity contribution is 6.30. The summed E-state index contributed by atoms with van der Waals surface area (Å²) in [7, 11) is 0. The van der Waals surface area contributed by atoms with Crippen molar-refractivity contribution in [2.75, 3.05) is 0 Å². The number of hydrogen-bond acceptors (Lipinski definition) is 0. The topological polar surface area (TPSA) is 0 Å². The zero-order valence-electron chi connectivity index (χ0n) is 9.54. The molecule has 1 saturated carbocycles. The molecule has 0 aromatic heterocycles. The van der Waals surface area contributed by atoms with Crippen molar-refractivity contribution in [1.82, 2.24) is 0 Å². The van der Waals surface area contributed by atoms with Crippen LogP contribution >= 0.6 is 11.6 Å². The van der Waals surface area contributed by atoms with Crippen LogP contribution in [0.3, 0.4) is 0 Å². The van der Waals surface area contributed by atoms with E-state index in [1.807, 2.05) is 6.07 Å². The molecule has 2 rings (SSSR count). The summed E-state index contributed by atoms with van der Waals surface area (Å²) in [4.78, 5) is 0. The van der Waals surface area contributed by atoms with E-state index in [4.69, 9.17) is 11.6 Å². The lowest BCUT2D eigenvalue weighted by Crippen LogP contribution is -2.29. The fourth-order valence-corrected chi connectivity index (χ4v) is 2.71. The van der Waals surface area contributed by atoms with Gasteiger partial charge >= 0.3 is 0 Å². The van der Waals surface area contributed by atoms with Crippen LogP contribution in [0.2, 0.25) is 5.02 Å². The van der Waals surface area contributed by atoms with E-state index in [9.17, 15) is 0 Å². The summed E-state index contributed by atoms with van der Waals surface area (Å²) in [6, 6.07) is 8.29. The second-order valence-corrected chi connectivity index (χ2v) is 5.61. The molecule has 0 unspecified atom stereocenters. The Balaban J connectivity index is 1.85. The largest absolute Gasteiger partial charge is 0.0843 e. The van der Waals surface area contributed by atoms with Gasteiger partial charge in [0.2, 0.25) is 0 Å². The van der Waals surface area contributed by atoms with Gasteiger partial charge in [-0.25, -0.2) is 0 Å². The molecule has 0 saturated heterocycles. The first-order chi connectivity index (χ1) is 7.15. The molecule has 0 atom stereocenters. The van der Waals surface area contributed by atoms with Crippen LogP contribution in [0.1, 0.15) is 32.3 Å². The molecule has 0 nitrogen and oxygen atoms in total. The first-order valence-electron chi connectivity index (χ1n) is 5.89. The zero-order chi connectivity index (χ0) is 10.8. The summed E-state index contributed by atoms with van der Waals surface area (Å²) < 4.78 is 0. The molecule has 0 bridgehead atoms. The lowest BCUT2D eigenvalue weighted by atomic mass is 9.67. The lowest BCUT2D eigenvalue weighted by molar-refractivity contribution is 0.141. The molecule has 15 heavy (non-hydrogen) atoms. The quantitative estimate of drug-likeness (QED) is 0.703. The molecule has 1 aromatic carbocycles. The number of halogens is 1. The van der Waals surface area contributed by atoms with Gasteiger partial charge < -0.3 is 0 Å². The molecular formula is C14H19Cl. The molecule has 1 aliphatic carbocycles. The number of hydrogen-bond donors (Lipinski definition) is 0. The van der Waals surface area contributed by atoms with E-state index >= 15 is 0 Å². The van der Waals surface area contributed by atoms with E-state index in [1.54, 1.807) is 0 Å². The molecule has 0 amide bonds. The second-order valence-electron chi connectivity index (χ2n) is 5.18. The average molecular weight is 223 g/mol. The highest BCUT2D eigenvalue weighted by Crippen LogP contribution is 2.40. The van der Waals surface area contributed by atoms with Crippen molar-refractivity contribution in [1.29, 1.82) is 0 Å². The van der Waals surface area contributed by atoms with Gasteiger partial charge in [0.25, 0.3) is 0 Å². The second kappa shape index (κ2) is 4.57. The van der Waals surface area contributed by atoms with Crippen molar-refractivity contribution in [3.63, 3.8) is 0 Å². The summed E-state index contributed by atoms with van der Waals surface area (Å²) in [5.41, 5.74) is 1.40. The van der Waals surface area contributed by atoms with Gasteiger partial charge in [0.15, 0.2) is 0 Å². The van der Waals surface area contributed by atoms with Crippen molar-refractivity contribution in [2.24, 2.45) is 17.8 Å². The van der Waals surface area contributed by atoms with Gasteiger partial charge in [0, 0.05) is 5.02 Å². The van der Waals surface area contributed by atoms with Crippen LogP contribution in [-0.4, -0.2) is 0 Å². The smallest absolute Gasteiger partial charge is 0.0408 e. The fraction of sp³-hybridized carbons (Fsp3) is 0.571. The molecule has 1 aromatic rings. The molecule has 1 aliphatic rings. The Hall–Kier alpha value is -0.490. The lowest BCUT2D eigenvalue weighted by Gasteiger charge is -2.38. The van der Waals surface area contributed by atoms with Gasteiger partial charge in [-0.2, -0.15) is 0 Å². The maximum Gasteiger partial charge on any atom is 0.0408 e. The third-order valence-electron chi connectivity index (χ3n) is 3.63. The van der Waals surface area contributed by atoms with Crippen LogP contribution < -0.4 is 0 Å². The van der Waals surface area contributed by atoms with Gasteiger partial charge in [-0.3, -0.25) is 0 Å². The average Bonchev–Trinajstić information content (AvgIpc) is 2.10. The molecule has 1 fully saturated rings. The standard InChI is InChI=1S/C14H19Cl/c1-10(2)13-7-12(8-13)6-11-4-3-5-14(15)9-11/h3-5,9-10,12-13H,6-8H2,1-2H3. The molecular weight excluding hydrogens is 204 g/mol. The summed E-state index contributed by atoms with van der Waals surface area (Å²) in [5.74, 6) is 2.73. The minimum Gasteiger partial charge on any atom is -0.0843 e. The van der Waals surface area contributed by atoms with Crippen molar-refractivity contribution < 1.29 is 0 Å².